The average Bonchev–Trinajstić information content (AvgIpc) is 2.72. The van der Waals surface area contributed by atoms with Crippen molar-refractivity contribution in [3.63, 3.8) is 0 Å². The quantitative estimate of drug-likeness (QED) is 0.876. The highest BCUT2D eigenvalue weighted by molar-refractivity contribution is 7.93. The number of sulfonamides is 1. The Balaban J connectivity index is 2.40. The van der Waals surface area contributed by atoms with E-state index in [1.54, 1.807) is 18.4 Å². The van der Waals surface area contributed by atoms with Crippen molar-refractivity contribution in [3.05, 3.63) is 34.3 Å². The minimum absolute atomic E-state index is 0.0473. The van der Waals surface area contributed by atoms with Gasteiger partial charge in [-0.1, -0.05) is 0 Å². The highest BCUT2D eigenvalue weighted by Crippen LogP contribution is 2.27. The Labute approximate surface area is 109 Å². The number of rotatable bonds is 4. The van der Waals surface area contributed by atoms with Gasteiger partial charge in [0.1, 0.15) is 4.90 Å². The predicted molar refractivity (Wildman–Crippen MR) is 69.8 cm³/mol. The van der Waals surface area contributed by atoms with Crippen LogP contribution in [-0.4, -0.2) is 18.4 Å². The molecule has 0 bridgehead atoms. The monoisotopic (exact) mass is 284 g/mol. The van der Waals surface area contributed by atoms with Crippen LogP contribution >= 0.6 is 11.3 Å². The summed E-state index contributed by atoms with van der Waals surface area (Å²) in [6, 6.07) is 1.61. The van der Waals surface area contributed by atoms with Crippen LogP contribution in [0.1, 0.15) is 10.4 Å². The van der Waals surface area contributed by atoms with E-state index in [2.05, 4.69) is 14.7 Å². The van der Waals surface area contributed by atoms with Crippen LogP contribution in [-0.2, 0) is 16.6 Å². The topological polar surface area (TPSA) is 98.0 Å². The Hall–Kier alpha value is -1.51. The summed E-state index contributed by atoms with van der Waals surface area (Å²) in [6.45, 7) is 1.92. The van der Waals surface area contributed by atoms with Gasteiger partial charge in [0.25, 0.3) is 10.0 Å². The molecule has 0 radical (unpaired) electrons. The average molecular weight is 284 g/mol. The van der Waals surface area contributed by atoms with Gasteiger partial charge in [-0.05, 0) is 23.9 Å². The molecule has 96 valence electrons. The standard InChI is InChI=1S/C10H12N4O2S2/c1-7-6-17-8(5-11)9(7)18(15,16)14-10-12-3-2-4-13-10/h2-4,6H,5,11H2,1H3,(H,12,13,14). The van der Waals surface area contributed by atoms with E-state index in [0.29, 0.717) is 10.4 Å². The van der Waals surface area contributed by atoms with Crippen LogP contribution in [0.2, 0.25) is 0 Å². The molecule has 0 aromatic carbocycles. The first kappa shape index (κ1) is 12.9. The third-order valence-corrected chi connectivity index (χ3v) is 5.05. The van der Waals surface area contributed by atoms with Crippen LogP contribution in [0.15, 0.2) is 28.7 Å². The fourth-order valence-corrected chi connectivity index (χ4v) is 4.17. The summed E-state index contributed by atoms with van der Waals surface area (Å²) in [5.41, 5.74) is 6.21. The maximum Gasteiger partial charge on any atom is 0.265 e. The molecule has 2 aromatic heterocycles. The van der Waals surface area contributed by atoms with Gasteiger partial charge in [0, 0.05) is 23.8 Å². The van der Waals surface area contributed by atoms with Crippen LogP contribution in [0.5, 0.6) is 0 Å². The maximum atomic E-state index is 12.2. The van der Waals surface area contributed by atoms with E-state index < -0.39 is 10.0 Å². The molecule has 8 heteroatoms. The summed E-state index contributed by atoms with van der Waals surface area (Å²) in [5, 5.41) is 1.77. The molecule has 0 unspecified atom stereocenters. The number of anilines is 1. The fraction of sp³-hybridized carbons (Fsp3) is 0.200. The molecule has 2 rings (SSSR count). The van der Waals surface area contributed by atoms with Gasteiger partial charge in [0.2, 0.25) is 5.95 Å². The molecule has 3 N–H and O–H groups in total. The fourth-order valence-electron chi connectivity index (χ4n) is 1.51. The van der Waals surface area contributed by atoms with Gasteiger partial charge in [-0.2, -0.15) is 0 Å². The number of nitrogens with zero attached hydrogens (tertiary/aromatic N) is 2. The smallest absolute Gasteiger partial charge is 0.265 e. The zero-order valence-electron chi connectivity index (χ0n) is 9.62. The number of nitrogens with two attached hydrogens (primary N) is 1. The number of nitrogens with one attached hydrogen (secondary N) is 1. The molecular weight excluding hydrogens is 272 g/mol. The van der Waals surface area contributed by atoms with Crippen molar-refractivity contribution in [2.75, 3.05) is 4.72 Å². The maximum absolute atomic E-state index is 12.2. The molecule has 0 atom stereocenters. The van der Waals surface area contributed by atoms with E-state index in [0.717, 1.165) is 0 Å². The molecule has 0 aliphatic heterocycles. The van der Waals surface area contributed by atoms with E-state index in [4.69, 9.17) is 5.73 Å². The first-order valence-electron chi connectivity index (χ1n) is 5.11. The van der Waals surface area contributed by atoms with Crippen molar-refractivity contribution in [2.24, 2.45) is 5.73 Å². The summed E-state index contributed by atoms with van der Waals surface area (Å²) in [7, 11) is -3.69. The van der Waals surface area contributed by atoms with Gasteiger partial charge in [0.15, 0.2) is 0 Å². The lowest BCUT2D eigenvalue weighted by atomic mass is 10.3. The number of hydrogen-bond donors (Lipinski definition) is 2. The molecule has 6 nitrogen and oxygen atoms in total. The normalized spacial score (nSPS) is 11.4. The van der Waals surface area contributed by atoms with E-state index in [-0.39, 0.29) is 17.4 Å². The van der Waals surface area contributed by atoms with Gasteiger partial charge >= 0.3 is 0 Å². The molecule has 0 aliphatic carbocycles. The predicted octanol–water partition coefficient (Wildman–Crippen LogP) is 1.11. The summed E-state index contributed by atoms with van der Waals surface area (Å²) in [4.78, 5) is 8.51. The zero-order valence-corrected chi connectivity index (χ0v) is 11.3. The molecule has 0 spiro atoms. The summed E-state index contributed by atoms with van der Waals surface area (Å²) >= 11 is 1.33. The minimum atomic E-state index is -3.69. The molecular formula is C10H12N4O2S2. The molecule has 2 aromatic rings. The lowest BCUT2D eigenvalue weighted by Crippen LogP contribution is -2.17. The van der Waals surface area contributed by atoms with E-state index in [1.807, 2.05) is 0 Å². The second-order valence-corrected chi connectivity index (χ2v) is 6.14. The van der Waals surface area contributed by atoms with Crippen LogP contribution < -0.4 is 10.5 Å². The van der Waals surface area contributed by atoms with Crippen molar-refractivity contribution in [1.29, 1.82) is 0 Å². The van der Waals surface area contributed by atoms with Gasteiger partial charge in [-0.25, -0.2) is 23.1 Å². The number of aryl methyl sites for hydroxylation is 1. The van der Waals surface area contributed by atoms with Crippen molar-refractivity contribution >= 4 is 27.3 Å². The van der Waals surface area contributed by atoms with Crippen LogP contribution in [0.4, 0.5) is 5.95 Å². The van der Waals surface area contributed by atoms with Crippen molar-refractivity contribution < 1.29 is 8.42 Å². The SMILES string of the molecule is Cc1csc(CN)c1S(=O)(=O)Nc1ncccn1. The van der Waals surface area contributed by atoms with Crippen molar-refractivity contribution in [2.45, 2.75) is 18.4 Å². The summed E-state index contributed by atoms with van der Waals surface area (Å²) in [6.07, 6.45) is 2.93. The van der Waals surface area contributed by atoms with Gasteiger partial charge in [-0.3, -0.25) is 0 Å². The van der Waals surface area contributed by atoms with Crippen LogP contribution in [0.3, 0.4) is 0 Å². The number of aromatic nitrogens is 2. The van der Waals surface area contributed by atoms with Crippen molar-refractivity contribution in [3.8, 4) is 0 Å². The second-order valence-electron chi connectivity index (χ2n) is 3.55. The Morgan fingerprint density at radius 3 is 2.67 bits per heavy atom. The van der Waals surface area contributed by atoms with Crippen LogP contribution in [0, 0.1) is 6.92 Å². The molecule has 0 fully saturated rings. The molecule has 18 heavy (non-hydrogen) atoms. The highest BCUT2D eigenvalue weighted by Gasteiger charge is 2.23. The zero-order chi connectivity index (χ0) is 13.2. The molecule has 2 heterocycles. The van der Waals surface area contributed by atoms with Crippen LogP contribution in [0.25, 0.3) is 0 Å². The first-order valence-corrected chi connectivity index (χ1v) is 7.47. The molecule has 0 aliphatic rings. The lowest BCUT2D eigenvalue weighted by Gasteiger charge is -2.07. The van der Waals surface area contributed by atoms with Crippen molar-refractivity contribution in [1.82, 2.24) is 9.97 Å². The van der Waals surface area contributed by atoms with E-state index >= 15 is 0 Å². The number of hydrogen-bond acceptors (Lipinski definition) is 6. The third-order valence-electron chi connectivity index (χ3n) is 2.23. The Morgan fingerprint density at radius 2 is 2.06 bits per heavy atom. The van der Waals surface area contributed by atoms with Gasteiger partial charge < -0.3 is 5.73 Å². The first-order chi connectivity index (χ1) is 8.54. The Kier molecular flexibility index (Phi) is 3.60. The van der Waals surface area contributed by atoms with E-state index in [9.17, 15) is 8.42 Å². The minimum Gasteiger partial charge on any atom is -0.326 e. The second kappa shape index (κ2) is 5.01. The van der Waals surface area contributed by atoms with Gasteiger partial charge in [-0.15, -0.1) is 11.3 Å². The van der Waals surface area contributed by atoms with E-state index in [1.165, 1.54) is 23.7 Å². The Bertz CT molecular complexity index is 637. The largest absolute Gasteiger partial charge is 0.326 e. The summed E-state index contributed by atoms with van der Waals surface area (Å²) < 4.78 is 26.8. The van der Waals surface area contributed by atoms with Gasteiger partial charge in [0.05, 0.1) is 0 Å². The molecule has 0 amide bonds. The molecule has 0 saturated heterocycles. The summed E-state index contributed by atoms with van der Waals surface area (Å²) in [5.74, 6) is 0.0473. The third kappa shape index (κ3) is 2.50. The Morgan fingerprint density at radius 1 is 1.39 bits per heavy atom. The number of thiophene rings is 1. The molecule has 0 saturated carbocycles. The lowest BCUT2D eigenvalue weighted by molar-refractivity contribution is 0.599. The highest BCUT2D eigenvalue weighted by atomic mass is 32.2.